The summed E-state index contributed by atoms with van der Waals surface area (Å²) in [5, 5.41) is 0. The third-order valence-electron chi connectivity index (χ3n) is 3.22. The van der Waals surface area contributed by atoms with E-state index in [1.54, 1.807) is 0 Å². The van der Waals surface area contributed by atoms with Crippen molar-refractivity contribution in [1.82, 2.24) is 4.90 Å². The van der Waals surface area contributed by atoms with Crippen LogP contribution in [0.1, 0.15) is 29.8 Å². The van der Waals surface area contributed by atoms with Gasteiger partial charge in [-0.2, -0.15) is 0 Å². The van der Waals surface area contributed by atoms with Gasteiger partial charge in [-0.25, -0.2) is 0 Å². The van der Waals surface area contributed by atoms with Crippen LogP contribution < -0.4 is 0 Å². The molecule has 0 N–H and O–H groups in total. The molecule has 0 bridgehead atoms. The van der Waals surface area contributed by atoms with Crippen LogP contribution in [-0.4, -0.2) is 56.7 Å². The SMILES string of the molecule is CCOCCN(CCOCC)CC(=O)c1cccc(C)c1. The number of carbonyl (C=O) groups excluding carboxylic acids is 1. The summed E-state index contributed by atoms with van der Waals surface area (Å²) < 4.78 is 10.8. The normalized spacial score (nSPS) is 11.0. The number of rotatable bonds is 11. The predicted octanol–water partition coefficient (Wildman–Crippen LogP) is 2.55. The molecule has 0 unspecified atom stereocenters. The molecular formula is C17H27NO3. The second-order valence-corrected chi connectivity index (χ2v) is 4.96. The molecule has 0 aliphatic carbocycles. The molecule has 0 fully saturated rings. The zero-order valence-corrected chi connectivity index (χ0v) is 13.4. The minimum Gasteiger partial charge on any atom is -0.380 e. The summed E-state index contributed by atoms with van der Waals surface area (Å²) in [6, 6.07) is 7.73. The van der Waals surface area contributed by atoms with E-state index >= 15 is 0 Å². The first-order valence-electron chi connectivity index (χ1n) is 7.65. The topological polar surface area (TPSA) is 38.8 Å². The maximum atomic E-state index is 12.3. The van der Waals surface area contributed by atoms with Crippen LogP contribution in [0.2, 0.25) is 0 Å². The summed E-state index contributed by atoms with van der Waals surface area (Å²) >= 11 is 0. The van der Waals surface area contributed by atoms with Crippen LogP contribution in [0.3, 0.4) is 0 Å². The minimum atomic E-state index is 0.145. The molecule has 1 aromatic carbocycles. The van der Waals surface area contributed by atoms with Crippen molar-refractivity contribution in [3.63, 3.8) is 0 Å². The lowest BCUT2D eigenvalue weighted by atomic mass is 10.1. The zero-order chi connectivity index (χ0) is 15.5. The van der Waals surface area contributed by atoms with E-state index in [-0.39, 0.29) is 5.78 Å². The van der Waals surface area contributed by atoms with E-state index in [0.29, 0.717) is 33.0 Å². The number of hydrogen-bond donors (Lipinski definition) is 0. The van der Waals surface area contributed by atoms with Crippen LogP contribution in [0, 0.1) is 6.92 Å². The van der Waals surface area contributed by atoms with Crippen molar-refractivity contribution in [3.8, 4) is 0 Å². The molecule has 0 aliphatic heterocycles. The Bertz CT molecular complexity index is 410. The molecule has 0 spiro atoms. The third kappa shape index (κ3) is 7.37. The lowest BCUT2D eigenvalue weighted by Crippen LogP contribution is -2.35. The summed E-state index contributed by atoms with van der Waals surface area (Å²) in [6.45, 7) is 10.5. The first kappa shape index (κ1) is 17.8. The smallest absolute Gasteiger partial charge is 0.176 e. The van der Waals surface area contributed by atoms with Gasteiger partial charge in [-0.3, -0.25) is 9.69 Å². The first-order valence-corrected chi connectivity index (χ1v) is 7.65. The minimum absolute atomic E-state index is 0.145. The van der Waals surface area contributed by atoms with Gasteiger partial charge in [0.2, 0.25) is 0 Å². The van der Waals surface area contributed by atoms with Gasteiger partial charge in [-0.1, -0.05) is 23.8 Å². The molecule has 1 aromatic rings. The van der Waals surface area contributed by atoms with Crippen LogP contribution >= 0.6 is 0 Å². The fourth-order valence-electron chi connectivity index (χ4n) is 2.06. The molecule has 0 heterocycles. The first-order chi connectivity index (χ1) is 10.2. The van der Waals surface area contributed by atoms with E-state index in [9.17, 15) is 4.79 Å². The van der Waals surface area contributed by atoms with Gasteiger partial charge in [0, 0.05) is 31.9 Å². The van der Waals surface area contributed by atoms with Crippen LogP contribution in [0.4, 0.5) is 0 Å². The molecule has 4 heteroatoms. The van der Waals surface area contributed by atoms with Crippen molar-refractivity contribution in [2.75, 3.05) is 46.1 Å². The number of ketones is 1. The Morgan fingerprint density at radius 1 is 1.10 bits per heavy atom. The fourth-order valence-corrected chi connectivity index (χ4v) is 2.06. The van der Waals surface area contributed by atoms with Gasteiger partial charge in [-0.15, -0.1) is 0 Å². The van der Waals surface area contributed by atoms with E-state index in [4.69, 9.17) is 9.47 Å². The summed E-state index contributed by atoms with van der Waals surface area (Å²) in [7, 11) is 0. The molecular weight excluding hydrogens is 266 g/mol. The molecule has 0 amide bonds. The quantitative estimate of drug-likeness (QED) is 0.464. The van der Waals surface area contributed by atoms with Crippen LogP contribution in [-0.2, 0) is 9.47 Å². The average molecular weight is 293 g/mol. The molecule has 118 valence electrons. The predicted molar refractivity (Wildman–Crippen MR) is 84.9 cm³/mol. The average Bonchev–Trinajstić information content (AvgIpc) is 2.47. The van der Waals surface area contributed by atoms with E-state index in [1.165, 1.54) is 0 Å². The van der Waals surface area contributed by atoms with Crippen molar-refractivity contribution < 1.29 is 14.3 Å². The number of ether oxygens (including phenoxy) is 2. The van der Waals surface area contributed by atoms with Gasteiger partial charge < -0.3 is 9.47 Å². The van der Waals surface area contributed by atoms with E-state index in [2.05, 4.69) is 4.90 Å². The monoisotopic (exact) mass is 293 g/mol. The Labute approximate surface area is 128 Å². The molecule has 0 aromatic heterocycles. The van der Waals surface area contributed by atoms with Crippen molar-refractivity contribution in [2.24, 2.45) is 0 Å². The maximum Gasteiger partial charge on any atom is 0.176 e. The highest BCUT2D eigenvalue weighted by Gasteiger charge is 2.12. The van der Waals surface area contributed by atoms with Crippen molar-refractivity contribution in [1.29, 1.82) is 0 Å². The van der Waals surface area contributed by atoms with Gasteiger partial charge in [0.15, 0.2) is 5.78 Å². The summed E-state index contributed by atoms with van der Waals surface area (Å²) in [5.74, 6) is 0.145. The Morgan fingerprint density at radius 2 is 1.71 bits per heavy atom. The second kappa shape index (κ2) is 10.5. The summed E-state index contributed by atoms with van der Waals surface area (Å²) in [5.41, 5.74) is 1.88. The van der Waals surface area contributed by atoms with Crippen LogP contribution in [0.25, 0.3) is 0 Å². The number of hydrogen-bond acceptors (Lipinski definition) is 4. The molecule has 4 nitrogen and oxygen atoms in total. The number of carbonyl (C=O) groups is 1. The van der Waals surface area contributed by atoms with E-state index in [0.717, 1.165) is 24.2 Å². The molecule has 0 saturated carbocycles. The highest BCUT2D eigenvalue weighted by Crippen LogP contribution is 2.06. The standard InChI is InChI=1S/C17H27NO3/c1-4-20-11-9-18(10-12-21-5-2)14-17(19)16-8-6-7-15(3)13-16/h6-8,13H,4-5,9-12,14H2,1-3H3. The van der Waals surface area contributed by atoms with E-state index in [1.807, 2.05) is 45.0 Å². The molecule has 0 radical (unpaired) electrons. The lowest BCUT2D eigenvalue weighted by Gasteiger charge is -2.21. The Morgan fingerprint density at radius 3 is 2.24 bits per heavy atom. The lowest BCUT2D eigenvalue weighted by molar-refractivity contribution is 0.0725. The van der Waals surface area contributed by atoms with Gasteiger partial charge in [0.05, 0.1) is 19.8 Å². The Hall–Kier alpha value is -1.23. The Balaban J connectivity index is 2.54. The third-order valence-corrected chi connectivity index (χ3v) is 3.22. The molecule has 0 saturated heterocycles. The number of Topliss-reactive ketones (excluding diaryl/α,β-unsaturated/α-hetero) is 1. The van der Waals surface area contributed by atoms with Crippen molar-refractivity contribution >= 4 is 5.78 Å². The molecule has 1 rings (SSSR count). The fraction of sp³-hybridized carbons (Fsp3) is 0.588. The van der Waals surface area contributed by atoms with Crippen LogP contribution in [0.5, 0.6) is 0 Å². The molecule has 0 atom stereocenters. The highest BCUT2D eigenvalue weighted by atomic mass is 16.5. The summed E-state index contributed by atoms with van der Waals surface area (Å²) in [4.78, 5) is 14.4. The Kier molecular flexibility index (Phi) is 8.90. The number of benzene rings is 1. The molecule has 21 heavy (non-hydrogen) atoms. The second-order valence-electron chi connectivity index (χ2n) is 4.96. The van der Waals surface area contributed by atoms with E-state index < -0.39 is 0 Å². The van der Waals surface area contributed by atoms with Crippen molar-refractivity contribution in [2.45, 2.75) is 20.8 Å². The summed E-state index contributed by atoms with van der Waals surface area (Å²) in [6.07, 6.45) is 0. The van der Waals surface area contributed by atoms with Gasteiger partial charge >= 0.3 is 0 Å². The number of nitrogens with zero attached hydrogens (tertiary/aromatic N) is 1. The van der Waals surface area contributed by atoms with Crippen molar-refractivity contribution in [3.05, 3.63) is 35.4 Å². The van der Waals surface area contributed by atoms with Gasteiger partial charge in [0.25, 0.3) is 0 Å². The maximum absolute atomic E-state index is 12.3. The van der Waals surface area contributed by atoms with Gasteiger partial charge in [-0.05, 0) is 26.8 Å². The van der Waals surface area contributed by atoms with Crippen LogP contribution in [0.15, 0.2) is 24.3 Å². The number of aryl methyl sites for hydroxylation is 1. The highest BCUT2D eigenvalue weighted by molar-refractivity contribution is 5.97. The molecule has 0 aliphatic rings. The largest absolute Gasteiger partial charge is 0.380 e. The zero-order valence-electron chi connectivity index (χ0n) is 13.4. The van der Waals surface area contributed by atoms with Gasteiger partial charge in [0.1, 0.15) is 0 Å².